The van der Waals surface area contributed by atoms with Crippen LogP contribution in [-0.2, 0) is 4.74 Å². The molecule has 0 bridgehead atoms. The summed E-state index contributed by atoms with van der Waals surface area (Å²) in [5.74, 6) is 0.668. The number of anilines is 1. The molecule has 1 aliphatic rings. The van der Waals surface area contributed by atoms with Crippen LogP contribution in [0.15, 0.2) is 70.8 Å². The van der Waals surface area contributed by atoms with Gasteiger partial charge in [0, 0.05) is 66.0 Å². The number of nitriles is 1. The lowest BCUT2D eigenvalue weighted by atomic mass is 9.91. The topological polar surface area (TPSA) is 52.4 Å². The molecule has 6 heteroatoms. The quantitative estimate of drug-likeness (QED) is 0.149. The van der Waals surface area contributed by atoms with Gasteiger partial charge in [0.25, 0.3) is 0 Å². The van der Waals surface area contributed by atoms with Crippen molar-refractivity contribution >= 4 is 39.3 Å². The minimum absolute atomic E-state index is 0.554. The third-order valence-electron chi connectivity index (χ3n) is 5.68. The van der Waals surface area contributed by atoms with Gasteiger partial charge in [0.15, 0.2) is 0 Å². The Kier molecular flexibility index (Phi) is 8.10. The van der Waals surface area contributed by atoms with Crippen molar-refractivity contribution in [2.24, 2.45) is 0 Å². The van der Waals surface area contributed by atoms with Crippen molar-refractivity contribution in [3.8, 4) is 6.07 Å². The zero-order chi connectivity index (χ0) is 22.4. The maximum absolute atomic E-state index is 9.89. The first-order valence-electron chi connectivity index (χ1n) is 10.5. The lowest BCUT2D eigenvalue weighted by molar-refractivity contribution is 0.211. The molecule has 162 valence electrons. The molecule has 0 fully saturated rings. The Morgan fingerprint density at radius 2 is 2.19 bits per heavy atom. The number of benzene rings is 1. The molecule has 0 amide bonds. The van der Waals surface area contributed by atoms with Gasteiger partial charge in [0.1, 0.15) is 18.4 Å². The Morgan fingerprint density at radius 1 is 1.39 bits per heavy atom. The van der Waals surface area contributed by atoms with Crippen LogP contribution < -0.4 is 4.90 Å². The zero-order valence-electron chi connectivity index (χ0n) is 18.7. The lowest BCUT2D eigenvalue weighted by Gasteiger charge is -2.33. The highest BCUT2D eigenvalue weighted by Gasteiger charge is 2.22. The Labute approximate surface area is 199 Å². The third-order valence-corrected chi connectivity index (χ3v) is 6.16. The van der Waals surface area contributed by atoms with Crippen molar-refractivity contribution in [2.45, 2.75) is 27.2 Å². The minimum atomic E-state index is 0.554. The molecule has 0 radical (unpaired) electrons. The summed E-state index contributed by atoms with van der Waals surface area (Å²) in [5.41, 5.74) is 5.43. The summed E-state index contributed by atoms with van der Waals surface area (Å²) in [4.78, 5) is 6.73. The summed E-state index contributed by atoms with van der Waals surface area (Å²) in [6.07, 6.45) is 6.57. The van der Waals surface area contributed by atoms with Crippen molar-refractivity contribution in [1.82, 2.24) is 8.10 Å². The molecule has 1 aliphatic heterocycles. The van der Waals surface area contributed by atoms with Crippen LogP contribution in [0.1, 0.15) is 27.2 Å². The van der Waals surface area contributed by atoms with E-state index in [4.69, 9.17) is 4.74 Å². The molecule has 0 atom stereocenters. The van der Waals surface area contributed by atoms with Crippen molar-refractivity contribution in [2.75, 3.05) is 38.2 Å². The summed E-state index contributed by atoms with van der Waals surface area (Å²) in [7, 11) is 2.00. The van der Waals surface area contributed by atoms with E-state index in [9.17, 15) is 5.26 Å². The van der Waals surface area contributed by atoms with Crippen molar-refractivity contribution in [3.05, 3.63) is 70.8 Å². The van der Waals surface area contributed by atoms with Gasteiger partial charge in [-0.3, -0.25) is 4.98 Å². The van der Waals surface area contributed by atoms with E-state index in [2.05, 4.69) is 70.0 Å². The molecule has 1 aromatic carbocycles. The van der Waals surface area contributed by atoms with Gasteiger partial charge in [-0.2, -0.15) is 5.26 Å². The maximum Gasteiger partial charge on any atom is 0.133 e. The summed E-state index contributed by atoms with van der Waals surface area (Å²) >= 11 is 2.23. The number of nitrogens with zero attached hydrogens (tertiary/aromatic N) is 4. The van der Waals surface area contributed by atoms with Crippen LogP contribution in [0.5, 0.6) is 0 Å². The van der Waals surface area contributed by atoms with Gasteiger partial charge in [-0.15, -0.1) is 0 Å². The van der Waals surface area contributed by atoms with Gasteiger partial charge in [-0.1, -0.05) is 17.7 Å². The van der Waals surface area contributed by atoms with Crippen LogP contribution in [-0.4, -0.2) is 41.4 Å². The van der Waals surface area contributed by atoms with Crippen molar-refractivity contribution in [3.63, 3.8) is 0 Å². The molecular weight excluding hydrogens is 499 g/mol. The van der Waals surface area contributed by atoms with Crippen LogP contribution >= 0.6 is 22.9 Å². The highest BCUT2D eigenvalue weighted by Crippen LogP contribution is 2.33. The number of fused-ring (bicyclic) bond motifs is 1. The number of likely N-dealkylation sites (N-methyl/N-ethyl adjacent to an activating group) is 1. The molecule has 31 heavy (non-hydrogen) atoms. The number of ether oxygens (including phenoxy) is 1. The largest absolute Gasteiger partial charge is 0.491 e. The van der Waals surface area contributed by atoms with Crippen molar-refractivity contribution in [1.29, 1.82) is 5.26 Å². The number of allylic oxidation sites excluding steroid dienone is 3. The number of pyridine rings is 1. The summed E-state index contributed by atoms with van der Waals surface area (Å²) in [6.45, 7) is 9.24. The molecule has 2 aromatic rings. The van der Waals surface area contributed by atoms with Crippen LogP contribution in [0, 0.1) is 11.3 Å². The van der Waals surface area contributed by atoms with Gasteiger partial charge in [0.05, 0.1) is 5.57 Å². The molecule has 0 unspecified atom stereocenters. The Morgan fingerprint density at radius 3 is 2.87 bits per heavy atom. The van der Waals surface area contributed by atoms with E-state index in [1.165, 1.54) is 27.6 Å². The molecule has 3 rings (SSSR count). The fourth-order valence-corrected chi connectivity index (χ4v) is 4.26. The van der Waals surface area contributed by atoms with E-state index >= 15 is 0 Å². The average molecular weight is 528 g/mol. The van der Waals surface area contributed by atoms with E-state index in [0.717, 1.165) is 31.6 Å². The molecule has 2 heterocycles. The summed E-state index contributed by atoms with van der Waals surface area (Å²) in [6, 6.07) is 10.8. The normalized spacial score (nSPS) is 15.9. The molecular formula is C25H29IN4O. The van der Waals surface area contributed by atoms with Crippen LogP contribution in [0.25, 0.3) is 10.8 Å². The maximum atomic E-state index is 9.89. The van der Waals surface area contributed by atoms with Gasteiger partial charge in [0.2, 0.25) is 0 Å². The predicted octanol–water partition coefficient (Wildman–Crippen LogP) is 5.80. The van der Waals surface area contributed by atoms with Gasteiger partial charge < -0.3 is 9.64 Å². The number of halogens is 1. The second-order valence-corrected chi connectivity index (χ2v) is 9.39. The van der Waals surface area contributed by atoms with E-state index in [0.29, 0.717) is 17.9 Å². The van der Waals surface area contributed by atoms with Crippen LogP contribution in [0.4, 0.5) is 5.69 Å². The van der Waals surface area contributed by atoms with Gasteiger partial charge in [-0.05, 0) is 69.0 Å². The first kappa shape index (κ1) is 23.3. The van der Waals surface area contributed by atoms with E-state index in [1.54, 1.807) is 0 Å². The fraction of sp³-hybridized carbons (Fsp3) is 0.360. The standard InChI is InChI=1S/C25H29IN4O/c1-5-25(31-14-13-29(4)26)22(15-27)19(3)21-10-12-30(17-18(21)2)24-8-6-7-20-9-11-28-16-23(20)24/h5-9,11,16H,10,12-14,17H2,1-4H3/b22-19-,25-5-. The number of hydrogen-bond acceptors (Lipinski definition) is 5. The zero-order valence-corrected chi connectivity index (χ0v) is 20.8. The molecule has 5 nitrogen and oxygen atoms in total. The van der Waals surface area contributed by atoms with Crippen LogP contribution in [0.2, 0.25) is 0 Å². The van der Waals surface area contributed by atoms with Gasteiger partial charge in [-0.25, -0.2) is 3.11 Å². The first-order valence-corrected chi connectivity index (χ1v) is 11.5. The van der Waals surface area contributed by atoms with Gasteiger partial charge >= 0.3 is 0 Å². The Bertz CT molecular complexity index is 1070. The third kappa shape index (κ3) is 5.46. The average Bonchev–Trinajstić information content (AvgIpc) is 2.77. The molecule has 0 spiro atoms. The second-order valence-electron chi connectivity index (χ2n) is 7.75. The molecule has 0 aliphatic carbocycles. The van der Waals surface area contributed by atoms with E-state index in [-0.39, 0.29) is 0 Å². The Balaban J connectivity index is 1.86. The fourth-order valence-electron chi connectivity index (χ4n) is 4.06. The van der Waals surface area contributed by atoms with Crippen molar-refractivity contribution < 1.29 is 4.74 Å². The molecule has 0 N–H and O–H groups in total. The van der Waals surface area contributed by atoms with E-state index < -0.39 is 0 Å². The highest BCUT2D eigenvalue weighted by atomic mass is 127. The molecule has 0 saturated carbocycles. The highest BCUT2D eigenvalue weighted by molar-refractivity contribution is 14.1. The predicted molar refractivity (Wildman–Crippen MR) is 136 cm³/mol. The minimum Gasteiger partial charge on any atom is -0.491 e. The number of aromatic nitrogens is 1. The molecule has 1 aromatic heterocycles. The summed E-state index contributed by atoms with van der Waals surface area (Å²) in [5, 5.41) is 12.3. The van der Waals surface area contributed by atoms with E-state index in [1.807, 2.05) is 42.5 Å². The van der Waals surface area contributed by atoms with Crippen LogP contribution in [0.3, 0.4) is 0 Å². The first-order chi connectivity index (χ1) is 15.0. The SMILES string of the molecule is C/C=C(OCCN(C)I)/C(C#N)=C(/C)C1=C(C)CN(c2cccc3ccncc23)CC1. The number of rotatable bonds is 7. The smallest absolute Gasteiger partial charge is 0.133 e. The lowest BCUT2D eigenvalue weighted by Crippen LogP contribution is -2.31. The molecule has 0 saturated heterocycles. The monoisotopic (exact) mass is 528 g/mol. The second kappa shape index (κ2) is 10.8. The number of hydrogen-bond donors (Lipinski definition) is 0. The Hall–Kier alpha value is -2.37. The summed E-state index contributed by atoms with van der Waals surface area (Å²) < 4.78 is 7.98.